The van der Waals surface area contributed by atoms with Crippen molar-refractivity contribution in [2.24, 2.45) is 10.8 Å². The van der Waals surface area contributed by atoms with Gasteiger partial charge in [-0.3, -0.25) is 9.59 Å². The summed E-state index contributed by atoms with van der Waals surface area (Å²) in [5.41, 5.74) is 3.65. The van der Waals surface area contributed by atoms with Gasteiger partial charge >= 0.3 is 0 Å². The monoisotopic (exact) mass is 593 g/mol. The lowest BCUT2D eigenvalue weighted by Crippen LogP contribution is -2.33. The molecule has 0 spiro atoms. The highest BCUT2D eigenvalue weighted by atomic mass is 79.9. The number of nitrogens with one attached hydrogen (secondary N) is 2. The molecule has 3 rings (SSSR count). The zero-order chi connectivity index (χ0) is 28.8. The molecule has 2 aromatic carbocycles. The van der Waals surface area contributed by atoms with Gasteiger partial charge in [-0.15, -0.1) is 0 Å². The lowest BCUT2D eigenvalue weighted by molar-refractivity contribution is -0.122. The summed E-state index contributed by atoms with van der Waals surface area (Å²) < 4.78 is 6.87. The Morgan fingerprint density at radius 3 is 2.18 bits per heavy atom. The Labute approximate surface area is 241 Å². The van der Waals surface area contributed by atoms with Crippen molar-refractivity contribution in [1.29, 1.82) is 0 Å². The third-order valence-corrected chi connectivity index (χ3v) is 6.49. The van der Waals surface area contributed by atoms with Gasteiger partial charge in [0.25, 0.3) is 11.8 Å². The van der Waals surface area contributed by atoms with Gasteiger partial charge in [-0.25, -0.2) is 4.98 Å². The largest absolute Gasteiger partial charge is 0.480 e. The maximum Gasteiger partial charge on any atom is 0.265 e. The number of aromatic nitrogens is 1. The number of carbonyl (C=O) groups is 2. The molecular weight excluding hydrogens is 554 g/mol. The third-order valence-electron chi connectivity index (χ3n) is 5.89. The molecule has 0 aliphatic carbocycles. The number of hydrogen-bond acceptors (Lipinski definition) is 4. The van der Waals surface area contributed by atoms with E-state index in [1.165, 1.54) is 11.8 Å². The molecule has 0 aliphatic rings. The van der Waals surface area contributed by atoms with E-state index in [1.807, 2.05) is 19.1 Å². The van der Waals surface area contributed by atoms with E-state index >= 15 is 0 Å². The molecule has 2 amide bonds. The van der Waals surface area contributed by atoms with Gasteiger partial charge in [0.2, 0.25) is 0 Å². The lowest BCUT2D eigenvalue weighted by atomic mass is 9.84. The number of nitrogens with zero attached hydrogens (tertiary/aromatic N) is 1. The molecule has 0 bridgehead atoms. The first-order valence-corrected chi connectivity index (χ1v) is 14.1. The number of amides is 2. The number of anilines is 2. The second-order valence-corrected chi connectivity index (χ2v) is 13.1. The zero-order valence-electron chi connectivity index (χ0n) is 24.0. The predicted octanol–water partition coefficient (Wildman–Crippen LogP) is 8.07. The maximum absolute atomic E-state index is 13.2. The van der Waals surface area contributed by atoms with Gasteiger partial charge in [0.05, 0.1) is 16.4 Å². The number of rotatable bonds is 9. The maximum atomic E-state index is 13.2. The van der Waals surface area contributed by atoms with Crippen molar-refractivity contribution < 1.29 is 14.3 Å². The number of carbonyl (C=O) groups excluding carboxylic acids is 2. The summed E-state index contributed by atoms with van der Waals surface area (Å²) in [5, 5.41) is 5.69. The summed E-state index contributed by atoms with van der Waals surface area (Å²) in [6.45, 7) is 15.2. The fraction of sp³-hybridized carbons (Fsp3) is 0.406. The standard InChI is InChI=1S/C32H40BrN3O3/c1-8-26(39-27-15-14-21(18-31(2,3)4)16-23(27)19-32(5,6)7)30(38)35-24-17-25(33)28(34-20-24)36-29(37)22-12-10-9-11-13-22/h9-17,20,26H,8,18-19H2,1-7H3,(H,35,38)(H,34,36,37). The van der Waals surface area contributed by atoms with Crippen LogP contribution in [-0.4, -0.2) is 22.9 Å². The van der Waals surface area contributed by atoms with Gasteiger partial charge in [0.15, 0.2) is 6.10 Å². The molecule has 0 radical (unpaired) electrons. The quantitative estimate of drug-likeness (QED) is 0.263. The van der Waals surface area contributed by atoms with E-state index in [-0.39, 0.29) is 22.6 Å². The molecule has 0 aliphatic heterocycles. The van der Waals surface area contributed by atoms with Crippen molar-refractivity contribution in [3.05, 3.63) is 82.0 Å². The van der Waals surface area contributed by atoms with Crippen molar-refractivity contribution >= 4 is 39.2 Å². The molecule has 0 saturated carbocycles. The van der Waals surface area contributed by atoms with Crippen LogP contribution in [0.4, 0.5) is 11.5 Å². The van der Waals surface area contributed by atoms with Crippen LogP contribution >= 0.6 is 15.9 Å². The van der Waals surface area contributed by atoms with E-state index in [4.69, 9.17) is 4.74 Å². The van der Waals surface area contributed by atoms with Crippen LogP contribution in [0, 0.1) is 10.8 Å². The Morgan fingerprint density at radius 2 is 1.59 bits per heavy atom. The SMILES string of the molecule is CCC(Oc1ccc(CC(C)(C)C)cc1CC(C)(C)C)C(=O)Nc1cnc(NC(=O)c2ccccc2)c(Br)c1. The minimum Gasteiger partial charge on any atom is -0.480 e. The number of halogens is 1. The van der Waals surface area contributed by atoms with Gasteiger partial charge in [0, 0.05) is 5.56 Å². The third kappa shape index (κ3) is 9.50. The molecule has 1 atom stereocenters. The predicted molar refractivity (Wildman–Crippen MR) is 162 cm³/mol. The molecule has 3 aromatic rings. The topological polar surface area (TPSA) is 80.3 Å². The molecule has 1 unspecified atom stereocenters. The minimum atomic E-state index is -0.673. The molecule has 2 N–H and O–H groups in total. The first-order valence-electron chi connectivity index (χ1n) is 13.4. The van der Waals surface area contributed by atoms with Crippen molar-refractivity contribution in [2.45, 2.75) is 73.8 Å². The van der Waals surface area contributed by atoms with Crippen LogP contribution in [0.15, 0.2) is 65.3 Å². The van der Waals surface area contributed by atoms with Crippen LogP contribution < -0.4 is 15.4 Å². The van der Waals surface area contributed by atoms with E-state index in [2.05, 4.69) is 85.2 Å². The van der Waals surface area contributed by atoms with E-state index < -0.39 is 6.10 Å². The molecular formula is C32H40BrN3O3. The first-order chi connectivity index (χ1) is 18.2. The molecule has 39 heavy (non-hydrogen) atoms. The summed E-state index contributed by atoms with van der Waals surface area (Å²) in [6.07, 6.45) is 3.15. The van der Waals surface area contributed by atoms with Crippen LogP contribution in [0.1, 0.15) is 76.4 Å². The number of pyridine rings is 1. The fourth-order valence-electron chi connectivity index (χ4n) is 4.25. The average molecular weight is 595 g/mol. The molecule has 1 heterocycles. The summed E-state index contributed by atoms with van der Waals surface area (Å²) in [7, 11) is 0. The van der Waals surface area contributed by atoms with Gasteiger partial charge in [-0.05, 0) is 81.4 Å². The minimum absolute atomic E-state index is 0.0675. The highest BCUT2D eigenvalue weighted by molar-refractivity contribution is 9.10. The number of hydrogen-bond donors (Lipinski definition) is 2. The van der Waals surface area contributed by atoms with E-state index in [9.17, 15) is 9.59 Å². The average Bonchev–Trinajstić information content (AvgIpc) is 2.83. The first kappa shape index (κ1) is 30.4. The normalized spacial score (nSPS) is 12.5. The van der Waals surface area contributed by atoms with E-state index in [0.29, 0.717) is 28.0 Å². The summed E-state index contributed by atoms with van der Waals surface area (Å²) in [4.78, 5) is 30.0. The molecule has 7 heteroatoms. The van der Waals surface area contributed by atoms with Crippen molar-refractivity contribution in [1.82, 2.24) is 4.98 Å². The van der Waals surface area contributed by atoms with Crippen LogP contribution in [0.3, 0.4) is 0 Å². The number of ether oxygens (including phenoxy) is 1. The van der Waals surface area contributed by atoms with Gasteiger partial charge < -0.3 is 15.4 Å². The fourth-order valence-corrected chi connectivity index (χ4v) is 4.69. The van der Waals surface area contributed by atoms with Crippen LogP contribution in [0.2, 0.25) is 0 Å². The molecule has 6 nitrogen and oxygen atoms in total. The summed E-state index contributed by atoms with van der Waals surface area (Å²) in [6, 6.07) is 16.9. The van der Waals surface area contributed by atoms with Crippen LogP contribution in [0.25, 0.3) is 0 Å². The van der Waals surface area contributed by atoms with Crippen LogP contribution in [0.5, 0.6) is 5.75 Å². The van der Waals surface area contributed by atoms with Crippen molar-refractivity contribution in [3.63, 3.8) is 0 Å². The summed E-state index contributed by atoms with van der Waals surface area (Å²) >= 11 is 3.45. The second kappa shape index (κ2) is 12.8. The van der Waals surface area contributed by atoms with Crippen molar-refractivity contribution in [3.8, 4) is 5.75 Å². The lowest BCUT2D eigenvalue weighted by Gasteiger charge is -2.25. The second-order valence-electron chi connectivity index (χ2n) is 12.3. The Kier molecular flexibility index (Phi) is 9.94. The Morgan fingerprint density at radius 1 is 0.923 bits per heavy atom. The Hall–Kier alpha value is -3.19. The molecule has 0 fully saturated rings. The Balaban J connectivity index is 1.73. The van der Waals surface area contributed by atoms with Crippen LogP contribution in [-0.2, 0) is 17.6 Å². The van der Waals surface area contributed by atoms with E-state index in [1.54, 1.807) is 30.3 Å². The highest BCUT2D eigenvalue weighted by Crippen LogP contribution is 2.32. The zero-order valence-corrected chi connectivity index (χ0v) is 25.6. The van der Waals surface area contributed by atoms with Crippen molar-refractivity contribution in [2.75, 3.05) is 10.6 Å². The van der Waals surface area contributed by atoms with Gasteiger partial charge in [-0.2, -0.15) is 0 Å². The molecule has 0 saturated heterocycles. The molecule has 1 aromatic heterocycles. The summed E-state index contributed by atoms with van der Waals surface area (Å²) in [5.74, 6) is 0.586. The van der Waals surface area contributed by atoms with Gasteiger partial charge in [-0.1, -0.05) is 78.8 Å². The van der Waals surface area contributed by atoms with E-state index in [0.717, 1.165) is 24.2 Å². The van der Waals surface area contributed by atoms with Gasteiger partial charge in [0.1, 0.15) is 11.6 Å². The smallest absolute Gasteiger partial charge is 0.265 e. The molecule has 208 valence electrons. The Bertz CT molecular complexity index is 1290. The number of benzene rings is 2. The highest BCUT2D eigenvalue weighted by Gasteiger charge is 2.23.